The van der Waals surface area contributed by atoms with E-state index in [0.717, 1.165) is 0 Å². The first-order chi connectivity index (χ1) is 14.4. The van der Waals surface area contributed by atoms with E-state index in [-0.39, 0.29) is 35.8 Å². The number of hydrogen-bond acceptors (Lipinski definition) is 7. The number of carbonyl (C=O) groups excluding carboxylic acids is 1. The number of rotatable bonds is 6. The van der Waals surface area contributed by atoms with Gasteiger partial charge in [0.05, 0.1) is 41.3 Å². The number of aromatic nitrogens is 1. The van der Waals surface area contributed by atoms with Crippen LogP contribution in [0.3, 0.4) is 0 Å². The van der Waals surface area contributed by atoms with Gasteiger partial charge in [-0.05, 0) is 31.2 Å². The van der Waals surface area contributed by atoms with E-state index in [1.807, 2.05) is 0 Å². The van der Waals surface area contributed by atoms with E-state index < -0.39 is 10.5 Å². The minimum atomic E-state index is -0.569. The van der Waals surface area contributed by atoms with E-state index in [0.29, 0.717) is 52.2 Å². The molecule has 1 aliphatic carbocycles. The van der Waals surface area contributed by atoms with Crippen molar-refractivity contribution in [2.75, 3.05) is 20.8 Å². The molecule has 3 aromatic rings. The van der Waals surface area contributed by atoms with Crippen molar-refractivity contribution >= 4 is 34.7 Å². The minimum absolute atomic E-state index is 0. The van der Waals surface area contributed by atoms with Crippen LogP contribution in [0.2, 0.25) is 0 Å². The first kappa shape index (κ1) is 22.3. The number of non-ortho nitro benzene ring substituents is 1. The number of methoxy groups -OCH3 is 2. The highest BCUT2D eigenvalue weighted by Gasteiger charge is 2.36. The van der Waals surface area contributed by atoms with Crippen molar-refractivity contribution in [2.24, 2.45) is 5.73 Å². The summed E-state index contributed by atoms with van der Waals surface area (Å²) in [5.41, 5.74) is 6.62. The van der Waals surface area contributed by atoms with Crippen molar-refractivity contribution in [1.29, 1.82) is 0 Å². The number of hydrogen-bond donors (Lipinski definition) is 1. The number of nitrogens with two attached hydrogens (primary N) is 1. The highest BCUT2D eigenvalue weighted by molar-refractivity contribution is 6.27. The average Bonchev–Trinajstić information content (AvgIpc) is 3.05. The first-order valence-corrected chi connectivity index (χ1v) is 9.29. The summed E-state index contributed by atoms with van der Waals surface area (Å²) in [6.07, 6.45) is 0.489. The molecule has 162 valence electrons. The number of nitro groups is 1. The molecule has 9 nitrogen and oxygen atoms in total. The van der Waals surface area contributed by atoms with Gasteiger partial charge in [0.15, 0.2) is 17.3 Å². The Labute approximate surface area is 182 Å². The van der Waals surface area contributed by atoms with Gasteiger partial charge in [0.25, 0.3) is 11.2 Å². The van der Waals surface area contributed by atoms with Crippen molar-refractivity contribution in [2.45, 2.75) is 13.0 Å². The van der Waals surface area contributed by atoms with Crippen molar-refractivity contribution in [1.82, 2.24) is 4.57 Å². The Morgan fingerprint density at radius 2 is 1.81 bits per heavy atom. The smallest absolute Gasteiger partial charge is 0.270 e. The van der Waals surface area contributed by atoms with Crippen LogP contribution in [-0.4, -0.2) is 36.0 Å². The summed E-state index contributed by atoms with van der Waals surface area (Å²) in [6, 6.07) is 7.23. The Morgan fingerprint density at radius 1 is 1.06 bits per heavy atom. The maximum atomic E-state index is 13.4. The number of ketones is 1. The lowest BCUT2D eigenvalue weighted by molar-refractivity contribution is -0.384. The number of nitro benzene ring substituents is 1. The quantitative estimate of drug-likeness (QED) is 0.357. The number of pyridine rings is 1. The molecule has 0 saturated carbocycles. The lowest BCUT2D eigenvalue weighted by Crippen LogP contribution is -2.24. The molecule has 1 heterocycles. The normalized spacial score (nSPS) is 11.6. The molecule has 0 bridgehead atoms. The minimum Gasteiger partial charge on any atom is -0.493 e. The number of carbonyl (C=O) groups is 1. The monoisotopic (exact) mass is 445 g/mol. The van der Waals surface area contributed by atoms with Crippen molar-refractivity contribution in [3.05, 3.63) is 61.9 Å². The van der Waals surface area contributed by atoms with Crippen LogP contribution in [0.5, 0.6) is 11.5 Å². The van der Waals surface area contributed by atoms with Crippen LogP contribution in [0.25, 0.3) is 22.0 Å². The Bertz CT molecular complexity index is 1280. The van der Waals surface area contributed by atoms with Gasteiger partial charge < -0.3 is 19.8 Å². The van der Waals surface area contributed by atoms with E-state index in [4.69, 9.17) is 15.2 Å². The van der Waals surface area contributed by atoms with Gasteiger partial charge in [-0.2, -0.15) is 0 Å². The van der Waals surface area contributed by atoms with Gasteiger partial charge in [0, 0.05) is 29.6 Å². The molecule has 0 atom stereocenters. The van der Waals surface area contributed by atoms with Crippen LogP contribution < -0.4 is 20.8 Å². The lowest BCUT2D eigenvalue weighted by atomic mass is 10.0. The number of ether oxygens (including phenoxy) is 2. The molecule has 31 heavy (non-hydrogen) atoms. The standard InChI is InChI=1S/C21H19N3O6.ClH/c1-29-15-7-6-13-17(20(15)30-2)18-16(19(13)25)12-5-4-11(24(27)28)10-14(12)21(26)23(18)9-3-8-22;/h4-7,10H,3,8-9,22H2,1-2H3;1H. The lowest BCUT2D eigenvalue weighted by Gasteiger charge is -2.17. The molecular formula is C21H20ClN3O6. The van der Waals surface area contributed by atoms with E-state index >= 15 is 0 Å². The zero-order chi connectivity index (χ0) is 21.6. The fraction of sp³-hybridized carbons (Fsp3) is 0.238. The van der Waals surface area contributed by atoms with Crippen LogP contribution in [0.1, 0.15) is 22.3 Å². The maximum absolute atomic E-state index is 13.4. The predicted molar refractivity (Wildman–Crippen MR) is 118 cm³/mol. The second kappa shape index (κ2) is 8.37. The topological polar surface area (TPSA) is 127 Å². The Balaban J connectivity index is 0.00000272. The van der Waals surface area contributed by atoms with Gasteiger partial charge in [-0.1, -0.05) is 0 Å². The van der Waals surface area contributed by atoms with Crippen LogP contribution in [-0.2, 0) is 6.54 Å². The predicted octanol–water partition coefficient (Wildman–Crippen LogP) is 2.91. The average molecular weight is 446 g/mol. The third-order valence-corrected chi connectivity index (χ3v) is 5.31. The summed E-state index contributed by atoms with van der Waals surface area (Å²) in [7, 11) is 2.95. The summed E-state index contributed by atoms with van der Waals surface area (Å²) in [5, 5.41) is 11.7. The number of benzene rings is 2. The summed E-state index contributed by atoms with van der Waals surface area (Å²) in [5.74, 6) is 0.504. The molecule has 1 aromatic heterocycles. The molecular weight excluding hydrogens is 426 g/mol. The maximum Gasteiger partial charge on any atom is 0.270 e. The summed E-state index contributed by atoms with van der Waals surface area (Å²) in [4.78, 5) is 37.4. The molecule has 0 radical (unpaired) electrons. The van der Waals surface area contributed by atoms with Crippen molar-refractivity contribution in [3.8, 4) is 22.8 Å². The highest BCUT2D eigenvalue weighted by Crippen LogP contribution is 2.48. The molecule has 0 aliphatic heterocycles. The largest absolute Gasteiger partial charge is 0.493 e. The molecule has 0 saturated heterocycles. The Morgan fingerprint density at radius 3 is 2.42 bits per heavy atom. The fourth-order valence-electron chi connectivity index (χ4n) is 3.99. The molecule has 0 fully saturated rings. The molecule has 2 N–H and O–H groups in total. The van der Waals surface area contributed by atoms with E-state index in [9.17, 15) is 19.7 Å². The van der Waals surface area contributed by atoms with Crippen LogP contribution in [0.4, 0.5) is 5.69 Å². The molecule has 0 unspecified atom stereocenters. The summed E-state index contributed by atoms with van der Waals surface area (Å²) in [6.45, 7) is 0.591. The third kappa shape index (κ3) is 3.22. The van der Waals surface area contributed by atoms with Gasteiger partial charge in [0.2, 0.25) is 0 Å². The van der Waals surface area contributed by atoms with Crippen LogP contribution in [0, 0.1) is 10.1 Å². The van der Waals surface area contributed by atoms with E-state index in [2.05, 4.69) is 0 Å². The zero-order valence-electron chi connectivity index (χ0n) is 16.8. The molecule has 4 rings (SSSR count). The van der Waals surface area contributed by atoms with Gasteiger partial charge in [0.1, 0.15) is 0 Å². The summed E-state index contributed by atoms with van der Waals surface area (Å²) >= 11 is 0. The van der Waals surface area contributed by atoms with E-state index in [1.54, 1.807) is 12.1 Å². The van der Waals surface area contributed by atoms with Gasteiger partial charge >= 0.3 is 0 Å². The highest BCUT2D eigenvalue weighted by atomic mass is 35.5. The third-order valence-electron chi connectivity index (χ3n) is 5.31. The van der Waals surface area contributed by atoms with E-state index in [1.165, 1.54) is 37.0 Å². The van der Waals surface area contributed by atoms with Crippen LogP contribution in [0.15, 0.2) is 35.1 Å². The molecule has 10 heteroatoms. The molecule has 1 aliphatic rings. The molecule has 0 amide bonds. The van der Waals surface area contributed by atoms with Crippen LogP contribution >= 0.6 is 12.4 Å². The fourth-order valence-corrected chi connectivity index (χ4v) is 3.99. The Hall–Kier alpha value is -3.43. The number of halogens is 1. The number of nitrogens with zero attached hydrogens (tertiary/aromatic N) is 2. The second-order valence-electron chi connectivity index (χ2n) is 6.86. The number of fused-ring (bicyclic) bond motifs is 5. The van der Waals surface area contributed by atoms with Crippen molar-refractivity contribution < 1.29 is 19.2 Å². The molecule has 0 spiro atoms. The van der Waals surface area contributed by atoms with Crippen molar-refractivity contribution in [3.63, 3.8) is 0 Å². The zero-order valence-corrected chi connectivity index (χ0v) is 17.7. The Kier molecular flexibility index (Phi) is 6.01. The first-order valence-electron chi connectivity index (χ1n) is 9.29. The van der Waals surface area contributed by atoms with Gasteiger partial charge in [-0.25, -0.2) is 0 Å². The van der Waals surface area contributed by atoms with Gasteiger partial charge in [-0.15, -0.1) is 12.4 Å². The SMILES string of the molecule is COc1ccc2c(c1OC)-c1c(c3ccc([N+](=O)[O-])cc3c(=O)n1CCCN)C2=O.Cl. The molecule has 2 aromatic carbocycles. The summed E-state index contributed by atoms with van der Waals surface area (Å²) < 4.78 is 12.4. The van der Waals surface area contributed by atoms with Gasteiger partial charge in [-0.3, -0.25) is 19.7 Å². The second-order valence-corrected chi connectivity index (χ2v) is 6.86.